The molecule has 2 aromatic rings. The molecule has 1 fully saturated rings. The number of aliphatic hydroxyl groups is 3. The standard InChI is InChI=1S/C16H18O5S/c1-9-5-6-13(20-9)10-3-2-4-11(7-10)21-16-15(19)14(18)12(17)8-22-16/h2-7,12,14-19H,8H2,1H3/t12-,14+,15-,16-/m1/s1. The third-order valence-electron chi connectivity index (χ3n) is 3.57. The molecule has 1 aliphatic rings. The number of rotatable bonds is 3. The predicted octanol–water partition coefficient (Wildman–Crippen LogP) is 1.79. The van der Waals surface area contributed by atoms with Gasteiger partial charge in [-0.05, 0) is 31.2 Å². The van der Waals surface area contributed by atoms with Crippen LogP contribution in [0.15, 0.2) is 40.8 Å². The summed E-state index contributed by atoms with van der Waals surface area (Å²) >= 11 is 1.28. The van der Waals surface area contributed by atoms with Gasteiger partial charge in [-0.15, -0.1) is 11.8 Å². The van der Waals surface area contributed by atoms with Crippen molar-refractivity contribution in [2.45, 2.75) is 30.7 Å². The molecule has 0 radical (unpaired) electrons. The van der Waals surface area contributed by atoms with E-state index in [9.17, 15) is 15.3 Å². The smallest absolute Gasteiger partial charge is 0.173 e. The molecule has 6 heteroatoms. The van der Waals surface area contributed by atoms with E-state index >= 15 is 0 Å². The molecule has 2 heterocycles. The lowest BCUT2D eigenvalue weighted by atomic mass is 10.1. The van der Waals surface area contributed by atoms with Crippen LogP contribution in [0.4, 0.5) is 0 Å². The first kappa shape index (κ1) is 15.4. The molecule has 0 amide bonds. The highest BCUT2D eigenvalue weighted by Gasteiger charge is 2.38. The van der Waals surface area contributed by atoms with Gasteiger partial charge in [0.25, 0.3) is 0 Å². The maximum atomic E-state index is 9.98. The van der Waals surface area contributed by atoms with Gasteiger partial charge in [-0.3, -0.25) is 0 Å². The lowest BCUT2D eigenvalue weighted by Crippen LogP contribution is -2.50. The Balaban J connectivity index is 1.76. The van der Waals surface area contributed by atoms with Crippen LogP contribution in [0.2, 0.25) is 0 Å². The first-order valence-corrected chi connectivity index (χ1v) is 8.09. The van der Waals surface area contributed by atoms with Gasteiger partial charge in [0, 0.05) is 11.3 Å². The molecule has 1 aromatic heterocycles. The first-order valence-electron chi connectivity index (χ1n) is 7.04. The quantitative estimate of drug-likeness (QED) is 0.799. The molecule has 22 heavy (non-hydrogen) atoms. The molecule has 0 aliphatic carbocycles. The molecule has 4 atom stereocenters. The van der Waals surface area contributed by atoms with E-state index in [4.69, 9.17) is 9.15 Å². The fourth-order valence-corrected chi connectivity index (χ4v) is 3.45. The number of furan rings is 1. The van der Waals surface area contributed by atoms with E-state index in [0.29, 0.717) is 11.5 Å². The molecule has 0 spiro atoms. The van der Waals surface area contributed by atoms with Crippen molar-refractivity contribution in [2.75, 3.05) is 5.75 Å². The Labute approximate surface area is 132 Å². The second kappa shape index (κ2) is 6.34. The van der Waals surface area contributed by atoms with Gasteiger partial charge in [0.1, 0.15) is 29.5 Å². The van der Waals surface area contributed by atoms with Crippen LogP contribution < -0.4 is 4.74 Å². The molecular weight excluding hydrogens is 304 g/mol. The molecule has 1 aromatic carbocycles. The van der Waals surface area contributed by atoms with Crippen LogP contribution in [0.5, 0.6) is 5.75 Å². The van der Waals surface area contributed by atoms with Gasteiger partial charge in [0.15, 0.2) is 5.44 Å². The van der Waals surface area contributed by atoms with E-state index in [-0.39, 0.29) is 0 Å². The summed E-state index contributed by atoms with van der Waals surface area (Å²) in [6, 6.07) is 11.1. The van der Waals surface area contributed by atoms with Gasteiger partial charge in [-0.2, -0.15) is 0 Å². The van der Waals surface area contributed by atoms with E-state index in [1.54, 1.807) is 6.07 Å². The van der Waals surface area contributed by atoms with Crippen molar-refractivity contribution < 1.29 is 24.5 Å². The van der Waals surface area contributed by atoms with E-state index in [1.807, 2.05) is 37.3 Å². The Morgan fingerprint density at radius 1 is 1.14 bits per heavy atom. The summed E-state index contributed by atoms with van der Waals surface area (Å²) < 4.78 is 11.3. The van der Waals surface area contributed by atoms with Crippen LogP contribution in [0.3, 0.4) is 0 Å². The maximum Gasteiger partial charge on any atom is 0.173 e. The molecule has 1 aliphatic heterocycles. The first-order chi connectivity index (χ1) is 10.5. The van der Waals surface area contributed by atoms with Crippen LogP contribution in [0, 0.1) is 6.92 Å². The number of ether oxygens (including phenoxy) is 1. The lowest BCUT2D eigenvalue weighted by Gasteiger charge is -2.34. The molecule has 0 saturated carbocycles. The maximum absolute atomic E-state index is 9.98. The van der Waals surface area contributed by atoms with Crippen molar-refractivity contribution in [3.63, 3.8) is 0 Å². The van der Waals surface area contributed by atoms with Crippen molar-refractivity contribution in [1.82, 2.24) is 0 Å². The van der Waals surface area contributed by atoms with Crippen molar-refractivity contribution in [1.29, 1.82) is 0 Å². The molecule has 0 unspecified atom stereocenters. The number of hydrogen-bond donors (Lipinski definition) is 3. The van der Waals surface area contributed by atoms with E-state index in [1.165, 1.54) is 11.8 Å². The Hall–Kier alpha value is -1.47. The van der Waals surface area contributed by atoms with Gasteiger partial charge < -0.3 is 24.5 Å². The Bertz CT molecular complexity index is 641. The zero-order valence-corrected chi connectivity index (χ0v) is 12.9. The van der Waals surface area contributed by atoms with Crippen LogP contribution >= 0.6 is 11.8 Å². The summed E-state index contributed by atoms with van der Waals surface area (Å²) in [5, 5.41) is 29.2. The number of aliphatic hydroxyl groups excluding tert-OH is 3. The fraction of sp³-hybridized carbons (Fsp3) is 0.375. The van der Waals surface area contributed by atoms with Crippen LogP contribution in [0.25, 0.3) is 11.3 Å². The van der Waals surface area contributed by atoms with E-state index in [0.717, 1.165) is 17.1 Å². The van der Waals surface area contributed by atoms with Gasteiger partial charge in [-0.25, -0.2) is 0 Å². The van der Waals surface area contributed by atoms with Crippen LogP contribution in [-0.2, 0) is 0 Å². The van der Waals surface area contributed by atoms with Crippen molar-refractivity contribution in [2.24, 2.45) is 0 Å². The average molecular weight is 322 g/mol. The number of benzene rings is 1. The molecule has 1 saturated heterocycles. The minimum atomic E-state index is -1.19. The molecule has 5 nitrogen and oxygen atoms in total. The number of aryl methyl sites for hydroxylation is 1. The van der Waals surface area contributed by atoms with Crippen LogP contribution in [0.1, 0.15) is 5.76 Å². The second-order valence-electron chi connectivity index (χ2n) is 5.31. The number of hydrogen-bond acceptors (Lipinski definition) is 6. The van der Waals surface area contributed by atoms with E-state index in [2.05, 4.69) is 0 Å². The number of thioether (sulfide) groups is 1. The van der Waals surface area contributed by atoms with Gasteiger partial charge >= 0.3 is 0 Å². The third kappa shape index (κ3) is 3.15. The second-order valence-corrected chi connectivity index (χ2v) is 6.44. The van der Waals surface area contributed by atoms with Crippen molar-refractivity contribution in [3.8, 4) is 17.1 Å². The molecular formula is C16H18O5S. The highest BCUT2D eigenvalue weighted by molar-refractivity contribution is 7.99. The molecule has 3 rings (SSSR count). The minimum absolute atomic E-state index is 0.319. The summed E-state index contributed by atoms with van der Waals surface area (Å²) in [6.07, 6.45) is -3.26. The SMILES string of the molecule is Cc1ccc(-c2cccc(O[C@@H]3SC[C@@H](O)[C@H](O)[C@H]3O)c2)o1. The van der Waals surface area contributed by atoms with Gasteiger partial charge in [0.05, 0.1) is 6.10 Å². The van der Waals surface area contributed by atoms with E-state index < -0.39 is 23.7 Å². The average Bonchev–Trinajstić information content (AvgIpc) is 2.95. The Morgan fingerprint density at radius 2 is 1.95 bits per heavy atom. The zero-order valence-electron chi connectivity index (χ0n) is 12.0. The van der Waals surface area contributed by atoms with Gasteiger partial charge in [0.2, 0.25) is 0 Å². The topological polar surface area (TPSA) is 83.1 Å². The summed E-state index contributed by atoms with van der Waals surface area (Å²) in [6.45, 7) is 1.88. The van der Waals surface area contributed by atoms with Crippen molar-refractivity contribution in [3.05, 3.63) is 42.2 Å². The Morgan fingerprint density at radius 3 is 2.68 bits per heavy atom. The van der Waals surface area contributed by atoms with Crippen molar-refractivity contribution >= 4 is 11.8 Å². The fourth-order valence-electron chi connectivity index (χ4n) is 2.33. The summed E-state index contributed by atoms with van der Waals surface area (Å²) in [5.74, 6) is 2.47. The summed E-state index contributed by atoms with van der Waals surface area (Å²) in [7, 11) is 0. The Kier molecular flexibility index (Phi) is 4.44. The minimum Gasteiger partial charge on any atom is -0.477 e. The molecule has 118 valence electrons. The van der Waals surface area contributed by atoms with Crippen LogP contribution in [-0.4, -0.2) is 44.8 Å². The van der Waals surface area contributed by atoms with Gasteiger partial charge in [-0.1, -0.05) is 12.1 Å². The monoisotopic (exact) mass is 322 g/mol. The predicted molar refractivity (Wildman–Crippen MR) is 83.8 cm³/mol. The third-order valence-corrected chi connectivity index (χ3v) is 4.80. The summed E-state index contributed by atoms with van der Waals surface area (Å²) in [5.41, 5.74) is 0.258. The summed E-state index contributed by atoms with van der Waals surface area (Å²) in [4.78, 5) is 0. The lowest BCUT2D eigenvalue weighted by molar-refractivity contribution is -0.0786. The molecule has 3 N–H and O–H groups in total. The highest BCUT2D eigenvalue weighted by atomic mass is 32.2. The normalized spacial score (nSPS) is 28.5. The zero-order chi connectivity index (χ0) is 15.7. The molecule has 0 bridgehead atoms. The highest BCUT2D eigenvalue weighted by Crippen LogP contribution is 2.31. The largest absolute Gasteiger partial charge is 0.477 e.